The minimum absolute atomic E-state index is 0. The molecule has 21 heteroatoms. The fourth-order valence-electron chi connectivity index (χ4n) is 5.71. The van der Waals surface area contributed by atoms with E-state index in [0.29, 0.717) is 30.2 Å². The first kappa shape index (κ1) is 62.0. The Morgan fingerprint density at radius 3 is 1.58 bits per heavy atom. The number of amides is 6. The van der Waals surface area contributed by atoms with Crippen LogP contribution in [-0.4, -0.2) is 138 Å². The lowest BCUT2D eigenvalue weighted by atomic mass is 10.0. The van der Waals surface area contributed by atoms with Crippen molar-refractivity contribution in [3.8, 4) is 0 Å². The number of ether oxygens (including phenoxy) is 1. The van der Waals surface area contributed by atoms with Gasteiger partial charge in [0.15, 0.2) is 6.10 Å². The number of nitrogens with one attached hydrogen (secondary N) is 4. The number of aliphatic carboxylic acids is 1. The van der Waals surface area contributed by atoms with E-state index in [1.165, 1.54) is 9.80 Å². The van der Waals surface area contributed by atoms with Crippen molar-refractivity contribution < 1.29 is 53.6 Å². The van der Waals surface area contributed by atoms with Crippen LogP contribution < -0.4 is 32.7 Å². The maximum Gasteiger partial charge on any atom is 0.407 e. The summed E-state index contributed by atoms with van der Waals surface area (Å²) in [6.07, 6.45) is 1.56. The van der Waals surface area contributed by atoms with E-state index in [1.54, 1.807) is 73.2 Å². The summed E-state index contributed by atoms with van der Waals surface area (Å²) in [5.74, 6) is -2.79. The van der Waals surface area contributed by atoms with Crippen LogP contribution in [0.5, 0.6) is 0 Å². The Morgan fingerprint density at radius 2 is 1.14 bits per heavy atom. The molecule has 4 unspecified atom stereocenters. The summed E-state index contributed by atoms with van der Waals surface area (Å²) in [6.45, 7) is 4.18. The number of nitrogens with two attached hydrogens (primary N) is 2. The number of alkyl carbamates (subject to hydrolysis) is 1. The van der Waals surface area contributed by atoms with E-state index >= 15 is 0 Å². The van der Waals surface area contributed by atoms with Gasteiger partial charge in [-0.3, -0.25) is 28.8 Å². The van der Waals surface area contributed by atoms with Crippen LogP contribution >= 0.6 is 24.8 Å². The van der Waals surface area contributed by atoms with Crippen molar-refractivity contribution in [2.24, 2.45) is 23.3 Å². The third kappa shape index (κ3) is 24.7. The van der Waals surface area contributed by atoms with Gasteiger partial charge in [0.05, 0.1) is 12.6 Å². The number of nitrogens with zero attached hydrogens (tertiary/aromatic N) is 2. The number of hydrogen-bond donors (Lipinski definition) is 9. The third-order valence-corrected chi connectivity index (χ3v) is 9.44. The quantitative estimate of drug-likeness (QED) is 0.104. The Kier molecular flexibility index (Phi) is 28.8. The first-order valence-electron chi connectivity index (χ1n) is 20.5. The number of benzene rings is 2. The van der Waals surface area contributed by atoms with Gasteiger partial charge in [-0.1, -0.05) is 93.8 Å². The summed E-state index contributed by atoms with van der Waals surface area (Å²) in [6, 6.07) is 15.3. The van der Waals surface area contributed by atoms with Gasteiger partial charge in [0.2, 0.25) is 17.7 Å². The van der Waals surface area contributed by atoms with Gasteiger partial charge < -0.3 is 62.6 Å². The Morgan fingerprint density at radius 1 is 0.692 bits per heavy atom. The van der Waals surface area contributed by atoms with Crippen LogP contribution in [0.15, 0.2) is 60.7 Å². The van der Waals surface area contributed by atoms with Gasteiger partial charge in [0.1, 0.15) is 30.3 Å². The van der Waals surface area contributed by atoms with Crippen LogP contribution in [0.3, 0.4) is 0 Å². The van der Waals surface area contributed by atoms with Gasteiger partial charge in [-0.15, -0.1) is 24.8 Å². The Hall–Kier alpha value is -5.05. The van der Waals surface area contributed by atoms with Gasteiger partial charge in [0, 0.05) is 34.2 Å². The molecule has 0 radical (unpaired) electrons. The zero-order chi connectivity index (χ0) is 46.7. The highest BCUT2D eigenvalue weighted by Crippen LogP contribution is 2.34. The topological polar surface area (TPSA) is 296 Å². The molecule has 11 N–H and O–H groups in total. The molecule has 368 valence electrons. The van der Waals surface area contributed by atoms with Crippen LogP contribution in [-0.2, 0) is 33.5 Å². The number of rotatable bonds is 18. The fraction of sp³-hybridized carbons (Fsp3) is 0.568. The standard InChI is InChI=1S/C19H28N4O4.C14H24N2O6.C10H14N2O.CH4.2ClH/c1-23(2)19(27)16(13-6-4-3-5-7-13)22-15(24)11-21-18(26)17(25)14(20)10-12-8-9-12;1-14(2,3)22-13(21)16-9(6-8-4-5-8)11(19)12(20)15-7-10(17)18;1-12(2)10(13)9(11)8-6-4-3-5-7-8;;;/h3-7,12,14,16-17,25H,8-11,20H2,1-2H3,(H,21,26)(H,22,24);8-9,11,19H,4-7H2,1-3H3,(H,15,20)(H,16,21)(H,17,18);3-7,9H,11H2,1-2H3;1H4;2*1H/t14?,16-,17?;;9-;;;/m0.0.../s1. The summed E-state index contributed by atoms with van der Waals surface area (Å²) in [5.41, 5.74) is 12.4. The molecule has 6 amide bonds. The zero-order valence-electron chi connectivity index (χ0n) is 37.5. The predicted octanol–water partition coefficient (Wildman–Crippen LogP) is 2.03. The molecule has 0 bridgehead atoms. The molecule has 0 aliphatic heterocycles. The molecule has 0 heterocycles. The highest BCUT2D eigenvalue weighted by atomic mass is 35.5. The smallest absolute Gasteiger partial charge is 0.407 e. The number of halogens is 2. The molecule has 65 heavy (non-hydrogen) atoms. The van der Waals surface area contributed by atoms with E-state index in [1.807, 2.05) is 36.4 Å². The number of hydrogen-bond acceptors (Lipinski definition) is 12. The molecule has 0 saturated heterocycles. The van der Waals surface area contributed by atoms with Crippen molar-refractivity contribution in [1.82, 2.24) is 31.1 Å². The van der Waals surface area contributed by atoms with Gasteiger partial charge in [0.25, 0.3) is 11.8 Å². The van der Waals surface area contributed by atoms with Crippen LogP contribution in [0.4, 0.5) is 4.79 Å². The number of likely N-dealkylation sites (N-methyl/N-ethyl adjacent to an activating group) is 2. The molecule has 6 atom stereocenters. The molecule has 2 aromatic carbocycles. The molecule has 19 nitrogen and oxygen atoms in total. The van der Waals surface area contributed by atoms with E-state index in [-0.39, 0.29) is 50.6 Å². The third-order valence-electron chi connectivity index (χ3n) is 9.44. The highest BCUT2D eigenvalue weighted by molar-refractivity contribution is 5.91. The Bertz CT molecular complexity index is 1780. The van der Waals surface area contributed by atoms with Crippen molar-refractivity contribution in [1.29, 1.82) is 0 Å². The molecule has 2 fully saturated rings. The maximum atomic E-state index is 12.4. The number of carbonyl (C=O) groups is 7. The van der Waals surface area contributed by atoms with E-state index in [0.717, 1.165) is 31.2 Å². The average molecular weight is 960 g/mol. The number of aliphatic hydroxyl groups is 2. The van der Waals surface area contributed by atoms with Crippen molar-refractivity contribution in [3.63, 3.8) is 0 Å². The molecule has 2 saturated carbocycles. The molecular formula is C44H72Cl2N8O11. The number of aliphatic hydroxyl groups excluding tert-OH is 2. The fourth-order valence-corrected chi connectivity index (χ4v) is 5.71. The second kappa shape index (κ2) is 30.2. The number of carboxylic acids is 1. The van der Waals surface area contributed by atoms with Gasteiger partial charge in [-0.2, -0.15) is 0 Å². The normalized spacial score (nSPS) is 15.2. The maximum absolute atomic E-state index is 12.4. The number of carbonyl (C=O) groups excluding carboxylic acids is 6. The lowest BCUT2D eigenvalue weighted by molar-refractivity contribution is -0.140. The van der Waals surface area contributed by atoms with E-state index in [2.05, 4.69) is 21.3 Å². The predicted molar refractivity (Wildman–Crippen MR) is 251 cm³/mol. The first-order valence-corrected chi connectivity index (χ1v) is 20.5. The molecule has 4 rings (SSSR count). The van der Waals surface area contributed by atoms with E-state index < -0.39 is 78.3 Å². The highest BCUT2D eigenvalue weighted by Gasteiger charge is 2.35. The van der Waals surface area contributed by atoms with Crippen molar-refractivity contribution >= 4 is 66.4 Å². The summed E-state index contributed by atoms with van der Waals surface area (Å²) >= 11 is 0. The Labute approximate surface area is 395 Å². The monoisotopic (exact) mass is 958 g/mol. The molecule has 2 aliphatic rings. The van der Waals surface area contributed by atoms with Gasteiger partial charge in [-0.05, 0) is 56.6 Å². The molecule has 2 aliphatic carbocycles. The zero-order valence-corrected chi connectivity index (χ0v) is 39.2. The van der Waals surface area contributed by atoms with Crippen LogP contribution in [0.1, 0.15) is 89.9 Å². The second-order valence-electron chi connectivity index (χ2n) is 16.8. The van der Waals surface area contributed by atoms with Crippen LogP contribution in [0, 0.1) is 11.8 Å². The van der Waals surface area contributed by atoms with Crippen molar-refractivity contribution in [3.05, 3.63) is 71.8 Å². The number of carboxylic acid groups (broad SMARTS) is 1. The van der Waals surface area contributed by atoms with Gasteiger partial charge >= 0.3 is 12.1 Å². The first-order chi connectivity index (χ1) is 29.0. The minimum atomic E-state index is -1.52. The molecule has 2 aromatic rings. The van der Waals surface area contributed by atoms with Crippen LogP contribution in [0.2, 0.25) is 0 Å². The average Bonchev–Trinajstić information content (AvgIpc) is 4.17. The van der Waals surface area contributed by atoms with E-state index in [4.69, 9.17) is 21.3 Å². The van der Waals surface area contributed by atoms with Crippen molar-refractivity contribution in [2.75, 3.05) is 41.3 Å². The summed E-state index contributed by atoms with van der Waals surface area (Å²) in [5, 5.41) is 38.1. The minimum Gasteiger partial charge on any atom is -0.480 e. The Balaban J connectivity index is 0. The SMILES string of the molecule is C.CC(C)(C)OC(=O)NC(CC1CC1)C(O)C(=O)NCC(=O)O.CN(C)C(=O)[C@@H](N)c1ccccc1.CN(C)C(=O)[C@@H](NC(=O)CNC(=O)C(O)C(N)CC1CC1)c1ccccc1.Cl.Cl. The molecular weight excluding hydrogens is 887 g/mol. The largest absolute Gasteiger partial charge is 0.480 e. The summed E-state index contributed by atoms with van der Waals surface area (Å²) in [4.78, 5) is 84.9. The van der Waals surface area contributed by atoms with Crippen molar-refractivity contribution in [2.45, 2.75) is 109 Å². The summed E-state index contributed by atoms with van der Waals surface area (Å²) in [7, 11) is 6.60. The van der Waals surface area contributed by atoms with E-state index in [9.17, 15) is 43.8 Å². The van der Waals surface area contributed by atoms with Gasteiger partial charge in [-0.25, -0.2) is 4.79 Å². The lowest BCUT2D eigenvalue weighted by Gasteiger charge is -2.26. The summed E-state index contributed by atoms with van der Waals surface area (Å²) < 4.78 is 5.11. The molecule has 0 spiro atoms. The molecule has 0 aromatic heterocycles. The second-order valence-corrected chi connectivity index (χ2v) is 16.8. The van der Waals surface area contributed by atoms with Crippen LogP contribution in [0.25, 0.3) is 0 Å². The lowest BCUT2D eigenvalue weighted by Crippen LogP contribution is -2.52.